The average molecular weight is 207 g/mol. The Bertz CT molecular complexity index is 388. The summed E-state index contributed by atoms with van der Waals surface area (Å²) in [5, 5.41) is 13.6. The zero-order valence-electron chi connectivity index (χ0n) is 8.56. The fourth-order valence-electron chi connectivity index (χ4n) is 1.32. The molecule has 0 bridgehead atoms. The summed E-state index contributed by atoms with van der Waals surface area (Å²) >= 11 is 0. The van der Waals surface area contributed by atoms with Crippen LogP contribution in [0, 0.1) is 15.5 Å². The van der Waals surface area contributed by atoms with E-state index in [0.717, 1.165) is 6.54 Å². The molecule has 1 N–H and O–H groups in total. The average Bonchev–Trinajstić information content (AvgIpc) is 2.95. The largest absolute Gasteiger partial charge is 0.369 e. The summed E-state index contributed by atoms with van der Waals surface area (Å²) in [6, 6.07) is 2.86. The van der Waals surface area contributed by atoms with Crippen molar-refractivity contribution < 1.29 is 4.92 Å². The van der Waals surface area contributed by atoms with Crippen molar-refractivity contribution in [2.24, 2.45) is 5.41 Å². The summed E-state index contributed by atoms with van der Waals surface area (Å²) in [7, 11) is 0. The topological polar surface area (TPSA) is 68.1 Å². The quantitative estimate of drug-likeness (QED) is 0.607. The predicted molar refractivity (Wildman–Crippen MR) is 56.7 cm³/mol. The maximum atomic E-state index is 10.5. The van der Waals surface area contributed by atoms with Gasteiger partial charge < -0.3 is 5.32 Å². The van der Waals surface area contributed by atoms with E-state index in [4.69, 9.17) is 0 Å². The first-order valence-corrected chi connectivity index (χ1v) is 4.93. The number of hydrogen-bond donors (Lipinski definition) is 1. The van der Waals surface area contributed by atoms with Gasteiger partial charge in [0.1, 0.15) is 5.82 Å². The lowest BCUT2D eigenvalue weighted by Crippen LogP contribution is -2.12. The van der Waals surface area contributed by atoms with Gasteiger partial charge in [-0.15, -0.1) is 0 Å². The SMILES string of the molecule is CC1(CNc2cc([N+](=O)[O-])ccn2)CC1. The van der Waals surface area contributed by atoms with Gasteiger partial charge in [-0.3, -0.25) is 10.1 Å². The zero-order chi connectivity index (χ0) is 10.9. The fourth-order valence-corrected chi connectivity index (χ4v) is 1.32. The number of pyridine rings is 1. The number of nitro groups is 1. The van der Waals surface area contributed by atoms with Gasteiger partial charge in [0.2, 0.25) is 0 Å². The molecule has 5 nitrogen and oxygen atoms in total. The molecule has 0 unspecified atom stereocenters. The van der Waals surface area contributed by atoms with Crippen LogP contribution in [0.25, 0.3) is 0 Å². The minimum atomic E-state index is -0.411. The van der Waals surface area contributed by atoms with E-state index in [1.165, 1.54) is 31.2 Å². The van der Waals surface area contributed by atoms with Gasteiger partial charge in [0.15, 0.2) is 0 Å². The van der Waals surface area contributed by atoms with Crippen LogP contribution in [0.4, 0.5) is 11.5 Å². The molecule has 0 spiro atoms. The Morgan fingerprint density at radius 1 is 1.67 bits per heavy atom. The normalized spacial score (nSPS) is 17.1. The third-order valence-electron chi connectivity index (χ3n) is 2.75. The molecule has 0 aliphatic heterocycles. The van der Waals surface area contributed by atoms with Crippen molar-refractivity contribution in [2.45, 2.75) is 19.8 Å². The minimum Gasteiger partial charge on any atom is -0.369 e. The van der Waals surface area contributed by atoms with Crippen LogP contribution in [0.1, 0.15) is 19.8 Å². The Morgan fingerprint density at radius 2 is 2.40 bits per heavy atom. The van der Waals surface area contributed by atoms with Crippen molar-refractivity contribution in [1.29, 1.82) is 0 Å². The van der Waals surface area contributed by atoms with Crippen molar-refractivity contribution in [1.82, 2.24) is 4.98 Å². The van der Waals surface area contributed by atoms with Crippen LogP contribution < -0.4 is 5.32 Å². The lowest BCUT2D eigenvalue weighted by Gasteiger charge is -2.09. The summed E-state index contributed by atoms with van der Waals surface area (Å²) in [5.41, 5.74) is 0.445. The Labute approximate surface area is 87.7 Å². The third kappa shape index (κ3) is 2.43. The molecular weight excluding hydrogens is 194 g/mol. The number of aromatic nitrogens is 1. The number of hydrogen-bond acceptors (Lipinski definition) is 4. The standard InChI is InChI=1S/C10H13N3O2/c1-10(3-4-10)7-12-9-6-8(13(14)15)2-5-11-9/h2,5-6H,3-4,7H2,1H3,(H,11,12). The molecule has 0 amide bonds. The third-order valence-corrected chi connectivity index (χ3v) is 2.75. The molecule has 5 heteroatoms. The summed E-state index contributed by atoms with van der Waals surface area (Å²) in [4.78, 5) is 14.1. The van der Waals surface area contributed by atoms with Crippen molar-refractivity contribution >= 4 is 11.5 Å². The molecular formula is C10H13N3O2. The molecule has 1 fully saturated rings. The van der Waals surface area contributed by atoms with Crippen molar-refractivity contribution in [3.05, 3.63) is 28.4 Å². The molecule has 80 valence electrons. The van der Waals surface area contributed by atoms with E-state index in [-0.39, 0.29) is 5.69 Å². The van der Waals surface area contributed by atoms with E-state index in [0.29, 0.717) is 11.2 Å². The summed E-state index contributed by atoms with van der Waals surface area (Å²) in [5.74, 6) is 0.581. The molecule has 0 saturated heterocycles. The van der Waals surface area contributed by atoms with Crippen LogP contribution >= 0.6 is 0 Å². The van der Waals surface area contributed by atoms with Crippen molar-refractivity contribution in [3.63, 3.8) is 0 Å². The molecule has 2 rings (SSSR count). The minimum absolute atomic E-state index is 0.0773. The highest BCUT2D eigenvalue weighted by molar-refractivity contribution is 5.44. The first-order chi connectivity index (χ1) is 7.09. The van der Waals surface area contributed by atoms with E-state index in [1.54, 1.807) is 0 Å². The molecule has 1 saturated carbocycles. The van der Waals surface area contributed by atoms with Gasteiger partial charge >= 0.3 is 0 Å². The highest BCUT2D eigenvalue weighted by Crippen LogP contribution is 2.44. The molecule has 1 aliphatic carbocycles. The molecule has 1 heterocycles. The van der Waals surface area contributed by atoms with Gasteiger partial charge in [-0.25, -0.2) is 4.98 Å². The lowest BCUT2D eigenvalue weighted by atomic mass is 10.1. The Balaban J connectivity index is 2.01. The first-order valence-electron chi connectivity index (χ1n) is 4.93. The number of nitrogens with one attached hydrogen (secondary N) is 1. The van der Waals surface area contributed by atoms with Gasteiger partial charge in [-0.1, -0.05) is 6.92 Å². The highest BCUT2D eigenvalue weighted by atomic mass is 16.6. The van der Waals surface area contributed by atoms with Crippen molar-refractivity contribution in [3.8, 4) is 0 Å². The van der Waals surface area contributed by atoms with E-state index < -0.39 is 4.92 Å². The van der Waals surface area contributed by atoms with Gasteiger partial charge in [0.25, 0.3) is 5.69 Å². The number of rotatable bonds is 4. The van der Waals surface area contributed by atoms with Crippen LogP contribution in [0.3, 0.4) is 0 Å². The summed E-state index contributed by atoms with van der Waals surface area (Å²) in [6.45, 7) is 3.03. The Morgan fingerprint density at radius 3 is 3.00 bits per heavy atom. The summed E-state index contributed by atoms with van der Waals surface area (Å²) < 4.78 is 0. The van der Waals surface area contributed by atoms with Crippen molar-refractivity contribution in [2.75, 3.05) is 11.9 Å². The number of anilines is 1. The predicted octanol–water partition coefficient (Wildman–Crippen LogP) is 2.20. The monoisotopic (exact) mass is 207 g/mol. The van der Waals surface area contributed by atoms with Crippen LogP contribution in [-0.2, 0) is 0 Å². The van der Waals surface area contributed by atoms with Crippen LogP contribution in [0.2, 0.25) is 0 Å². The molecule has 1 aliphatic rings. The summed E-state index contributed by atoms with van der Waals surface area (Å²) in [6.07, 6.45) is 3.89. The second kappa shape index (κ2) is 3.49. The molecule has 1 aromatic rings. The fraction of sp³-hybridized carbons (Fsp3) is 0.500. The number of nitrogens with zero attached hydrogens (tertiary/aromatic N) is 2. The smallest absolute Gasteiger partial charge is 0.274 e. The Hall–Kier alpha value is -1.65. The molecule has 0 radical (unpaired) electrons. The lowest BCUT2D eigenvalue weighted by molar-refractivity contribution is -0.384. The Kier molecular flexibility index (Phi) is 2.30. The van der Waals surface area contributed by atoms with Gasteiger partial charge in [-0.05, 0) is 18.3 Å². The molecule has 1 aromatic heterocycles. The van der Waals surface area contributed by atoms with Crippen LogP contribution in [-0.4, -0.2) is 16.5 Å². The van der Waals surface area contributed by atoms with Gasteiger partial charge in [-0.2, -0.15) is 0 Å². The second-order valence-electron chi connectivity index (χ2n) is 4.32. The zero-order valence-corrected chi connectivity index (χ0v) is 8.56. The maximum absolute atomic E-state index is 10.5. The first kappa shape index (κ1) is 9.89. The van der Waals surface area contributed by atoms with E-state index in [2.05, 4.69) is 17.2 Å². The molecule has 15 heavy (non-hydrogen) atoms. The maximum Gasteiger partial charge on any atom is 0.274 e. The van der Waals surface area contributed by atoms with E-state index in [9.17, 15) is 10.1 Å². The van der Waals surface area contributed by atoms with Gasteiger partial charge in [0, 0.05) is 18.8 Å². The van der Waals surface area contributed by atoms with E-state index >= 15 is 0 Å². The highest BCUT2D eigenvalue weighted by Gasteiger charge is 2.36. The van der Waals surface area contributed by atoms with E-state index in [1.807, 2.05) is 0 Å². The van der Waals surface area contributed by atoms with Gasteiger partial charge in [0.05, 0.1) is 11.0 Å². The second-order valence-corrected chi connectivity index (χ2v) is 4.32. The molecule has 0 aromatic carbocycles. The van der Waals surface area contributed by atoms with Crippen LogP contribution in [0.5, 0.6) is 0 Å². The molecule has 0 atom stereocenters. The van der Waals surface area contributed by atoms with Crippen LogP contribution in [0.15, 0.2) is 18.3 Å².